The zero-order valence-electron chi connectivity index (χ0n) is 7.29. The molecule has 0 amide bonds. The smallest absolute Gasteiger partial charge is 0.166 e. The van der Waals surface area contributed by atoms with E-state index in [1.807, 2.05) is 16.8 Å². The van der Waals surface area contributed by atoms with Gasteiger partial charge in [-0.15, -0.1) is 6.58 Å². The van der Waals surface area contributed by atoms with Gasteiger partial charge in [0.2, 0.25) is 0 Å². The molecule has 2 heteroatoms. The van der Waals surface area contributed by atoms with Crippen molar-refractivity contribution in [2.45, 2.75) is 19.9 Å². The molecule has 2 nitrogen and oxygen atoms in total. The van der Waals surface area contributed by atoms with Gasteiger partial charge in [0.05, 0.1) is 5.69 Å². The van der Waals surface area contributed by atoms with Crippen LogP contribution in [0.1, 0.15) is 23.0 Å². The van der Waals surface area contributed by atoms with Crippen molar-refractivity contribution < 1.29 is 4.79 Å². The standard InChI is InChI=1S/C10H13NO/c1-3-5-11-7-9(4-2)6-10(11)8-12/h3,6-8H,1,4-5H2,2H3. The van der Waals surface area contributed by atoms with E-state index in [0.717, 1.165) is 18.4 Å². The van der Waals surface area contributed by atoms with Crippen LogP contribution < -0.4 is 0 Å². The Labute approximate surface area is 72.5 Å². The lowest BCUT2D eigenvalue weighted by Gasteiger charge is -1.98. The summed E-state index contributed by atoms with van der Waals surface area (Å²) in [5.74, 6) is 0. The number of aromatic nitrogens is 1. The van der Waals surface area contributed by atoms with Crippen LogP contribution in [0.4, 0.5) is 0 Å². The minimum atomic E-state index is 0.702. The van der Waals surface area contributed by atoms with Crippen molar-refractivity contribution in [2.24, 2.45) is 0 Å². The summed E-state index contributed by atoms with van der Waals surface area (Å²) in [6.07, 6.45) is 5.62. The molecule has 0 aliphatic heterocycles. The first-order valence-corrected chi connectivity index (χ1v) is 4.07. The molecule has 0 bridgehead atoms. The summed E-state index contributed by atoms with van der Waals surface area (Å²) in [4.78, 5) is 10.6. The third-order valence-electron chi connectivity index (χ3n) is 1.84. The number of hydrogen-bond donors (Lipinski definition) is 0. The van der Waals surface area contributed by atoms with E-state index >= 15 is 0 Å². The highest BCUT2D eigenvalue weighted by Crippen LogP contribution is 2.07. The number of nitrogens with zero attached hydrogens (tertiary/aromatic N) is 1. The summed E-state index contributed by atoms with van der Waals surface area (Å²) in [6.45, 7) is 6.40. The zero-order valence-corrected chi connectivity index (χ0v) is 7.29. The van der Waals surface area contributed by atoms with Gasteiger partial charge in [-0.05, 0) is 18.1 Å². The number of aldehydes is 1. The molecule has 0 aliphatic rings. The number of carbonyl (C=O) groups is 1. The van der Waals surface area contributed by atoms with E-state index in [1.54, 1.807) is 6.08 Å². The Kier molecular flexibility index (Phi) is 2.86. The van der Waals surface area contributed by atoms with Crippen LogP contribution in [0.15, 0.2) is 24.9 Å². The van der Waals surface area contributed by atoms with Crippen molar-refractivity contribution in [3.63, 3.8) is 0 Å². The molecule has 0 atom stereocenters. The lowest BCUT2D eigenvalue weighted by Crippen LogP contribution is -1.97. The van der Waals surface area contributed by atoms with Crippen LogP contribution in [0.2, 0.25) is 0 Å². The van der Waals surface area contributed by atoms with Crippen molar-refractivity contribution in [2.75, 3.05) is 0 Å². The Morgan fingerprint density at radius 3 is 2.92 bits per heavy atom. The quantitative estimate of drug-likeness (QED) is 0.492. The Bertz CT molecular complexity index is 286. The van der Waals surface area contributed by atoms with Crippen LogP contribution in [-0.2, 0) is 13.0 Å². The predicted octanol–water partition coefficient (Wildman–Crippen LogP) is 2.05. The largest absolute Gasteiger partial charge is 0.341 e. The first-order valence-electron chi connectivity index (χ1n) is 4.07. The molecule has 0 aliphatic carbocycles. The fraction of sp³-hybridized carbons (Fsp3) is 0.300. The molecule has 0 N–H and O–H groups in total. The molecule has 1 rings (SSSR count). The third kappa shape index (κ3) is 1.64. The normalized spacial score (nSPS) is 9.75. The van der Waals surface area contributed by atoms with E-state index in [0.29, 0.717) is 6.54 Å². The van der Waals surface area contributed by atoms with Gasteiger partial charge in [-0.1, -0.05) is 13.0 Å². The average molecular weight is 163 g/mol. The van der Waals surface area contributed by atoms with E-state index in [2.05, 4.69) is 13.5 Å². The van der Waals surface area contributed by atoms with Crippen molar-refractivity contribution in [1.29, 1.82) is 0 Å². The lowest BCUT2D eigenvalue weighted by atomic mass is 10.2. The third-order valence-corrected chi connectivity index (χ3v) is 1.84. The van der Waals surface area contributed by atoms with E-state index < -0.39 is 0 Å². The molecular formula is C10H13NO. The maximum absolute atomic E-state index is 10.6. The highest BCUT2D eigenvalue weighted by Gasteiger charge is 2.01. The second kappa shape index (κ2) is 3.90. The second-order valence-electron chi connectivity index (χ2n) is 2.69. The van der Waals surface area contributed by atoms with Crippen molar-refractivity contribution in [3.05, 3.63) is 36.2 Å². The maximum atomic E-state index is 10.6. The topological polar surface area (TPSA) is 22.0 Å². The van der Waals surface area contributed by atoms with Crippen LogP contribution in [0, 0.1) is 0 Å². The minimum Gasteiger partial charge on any atom is -0.341 e. The number of aryl methyl sites for hydroxylation is 1. The lowest BCUT2D eigenvalue weighted by molar-refractivity contribution is 0.111. The van der Waals surface area contributed by atoms with E-state index in [1.165, 1.54) is 5.56 Å². The molecule has 0 saturated heterocycles. The Morgan fingerprint density at radius 2 is 2.42 bits per heavy atom. The summed E-state index contributed by atoms with van der Waals surface area (Å²) >= 11 is 0. The monoisotopic (exact) mass is 163 g/mol. The van der Waals surface area contributed by atoms with E-state index in [-0.39, 0.29) is 0 Å². The molecule has 1 aromatic rings. The molecule has 0 aromatic carbocycles. The summed E-state index contributed by atoms with van der Waals surface area (Å²) in [7, 11) is 0. The highest BCUT2D eigenvalue weighted by molar-refractivity contribution is 5.73. The van der Waals surface area contributed by atoms with Crippen LogP contribution in [0.3, 0.4) is 0 Å². The van der Waals surface area contributed by atoms with Gasteiger partial charge in [0.25, 0.3) is 0 Å². The predicted molar refractivity (Wildman–Crippen MR) is 49.4 cm³/mol. The van der Waals surface area contributed by atoms with Gasteiger partial charge in [-0.25, -0.2) is 0 Å². The molecule has 0 unspecified atom stereocenters. The first-order chi connectivity index (χ1) is 5.81. The molecule has 0 spiro atoms. The average Bonchev–Trinajstić information content (AvgIpc) is 2.48. The van der Waals surface area contributed by atoms with Crippen molar-refractivity contribution in [3.8, 4) is 0 Å². The Morgan fingerprint density at radius 1 is 1.67 bits per heavy atom. The van der Waals surface area contributed by atoms with Crippen LogP contribution in [0.25, 0.3) is 0 Å². The fourth-order valence-corrected chi connectivity index (χ4v) is 1.18. The Hall–Kier alpha value is -1.31. The molecule has 64 valence electrons. The molecule has 0 fully saturated rings. The molecule has 1 heterocycles. The van der Waals surface area contributed by atoms with Crippen LogP contribution in [0.5, 0.6) is 0 Å². The zero-order chi connectivity index (χ0) is 8.97. The van der Waals surface area contributed by atoms with Gasteiger partial charge in [0.15, 0.2) is 6.29 Å². The van der Waals surface area contributed by atoms with Crippen molar-refractivity contribution in [1.82, 2.24) is 4.57 Å². The van der Waals surface area contributed by atoms with E-state index in [9.17, 15) is 4.79 Å². The number of hydrogen-bond acceptors (Lipinski definition) is 1. The minimum absolute atomic E-state index is 0.702. The number of carbonyl (C=O) groups excluding carboxylic acids is 1. The maximum Gasteiger partial charge on any atom is 0.166 e. The second-order valence-corrected chi connectivity index (χ2v) is 2.69. The highest BCUT2D eigenvalue weighted by atomic mass is 16.1. The molecule has 1 aromatic heterocycles. The van der Waals surface area contributed by atoms with Gasteiger partial charge < -0.3 is 4.57 Å². The van der Waals surface area contributed by atoms with Crippen molar-refractivity contribution >= 4 is 6.29 Å². The molecule has 0 radical (unpaired) electrons. The van der Waals surface area contributed by atoms with Gasteiger partial charge in [-0.2, -0.15) is 0 Å². The number of rotatable bonds is 4. The summed E-state index contributed by atoms with van der Waals surface area (Å²) in [5, 5.41) is 0. The summed E-state index contributed by atoms with van der Waals surface area (Å²) in [5.41, 5.74) is 1.92. The first kappa shape index (κ1) is 8.78. The Balaban J connectivity index is 2.98. The van der Waals surface area contributed by atoms with Crippen LogP contribution in [-0.4, -0.2) is 10.9 Å². The van der Waals surface area contributed by atoms with Gasteiger partial charge in [0, 0.05) is 12.7 Å². The summed E-state index contributed by atoms with van der Waals surface area (Å²) < 4.78 is 1.90. The molecule has 0 saturated carbocycles. The fourth-order valence-electron chi connectivity index (χ4n) is 1.18. The summed E-state index contributed by atoms with van der Waals surface area (Å²) in [6, 6.07) is 1.91. The van der Waals surface area contributed by atoms with Gasteiger partial charge in [0.1, 0.15) is 0 Å². The van der Waals surface area contributed by atoms with Gasteiger partial charge >= 0.3 is 0 Å². The SMILES string of the molecule is C=CCn1cc(CC)cc1C=O. The van der Waals surface area contributed by atoms with Gasteiger partial charge in [-0.3, -0.25) is 4.79 Å². The molecular weight excluding hydrogens is 150 g/mol. The van der Waals surface area contributed by atoms with E-state index in [4.69, 9.17) is 0 Å². The van der Waals surface area contributed by atoms with Crippen LogP contribution >= 0.6 is 0 Å². The molecule has 12 heavy (non-hydrogen) atoms. The number of allylic oxidation sites excluding steroid dienone is 1.